The van der Waals surface area contributed by atoms with Crippen molar-refractivity contribution in [3.63, 3.8) is 0 Å². The third-order valence-electron chi connectivity index (χ3n) is 5.87. The molecule has 3 rings (SSSR count). The Balaban J connectivity index is 1.45. The quantitative estimate of drug-likeness (QED) is 0.897. The van der Waals surface area contributed by atoms with E-state index in [0.717, 1.165) is 45.4 Å². The van der Waals surface area contributed by atoms with Crippen molar-refractivity contribution in [3.8, 4) is 0 Å². The Bertz CT molecular complexity index is 656. The molecule has 2 heterocycles. The Hall–Kier alpha value is -2.11. The first-order valence-electron chi connectivity index (χ1n) is 9.57. The van der Waals surface area contributed by atoms with Crippen LogP contribution in [0.3, 0.4) is 0 Å². The predicted molar refractivity (Wildman–Crippen MR) is 98.2 cm³/mol. The van der Waals surface area contributed by atoms with Gasteiger partial charge in [0.15, 0.2) is 0 Å². The van der Waals surface area contributed by atoms with Crippen LogP contribution in [0.15, 0.2) is 24.3 Å². The number of urea groups is 1. The van der Waals surface area contributed by atoms with Crippen LogP contribution in [-0.2, 0) is 11.2 Å². The standard InChI is InChI=1S/C20H28FN3O2/c1-2-23-15-20(9-7-18(23)25)10-13-24(14-11-20)19(26)22-12-8-16-5-3-4-6-17(16)21/h3-6H,2,7-15H2,1H3,(H,22,26). The van der Waals surface area contributed by atoms with Crippen molar-refractivity contribution >= 4 is 11.9 Å². The zero-order valence-electron chi connectivity index (χ0n) is 15.5. The van der Waals surface area contributed by atoms with E-state index in [1.807, 2.05) is 16.7 Å². The molecule has 1 aromatic carbocycles. The molecule has 0 unspecified atom stereocenters. The average molecular weight is 361 g/mol. The van der Waals surface area contributed by atoms with Gasteiger partial charge in [-0.25, -0.2) is 9.18 Å². The van der Waals surface area contributed by atoms with Gasteiger partial charge >= 0.3 is 6.03 Å². The lowest BCUT2D eigenvalue weighted by atomic mass is 9.72. The highest BCUT2D eigenvalue weighted by Gasteiger charge is 2.41. The Kier molecular flexibility index (Phi) is 5.79. The molecule has 0 aliphatic carbocycles. The fraction of sp³-hybridized carbons (Fsp3) is 0.600. The molecule has 26 heavy (non-hydrogen) atoms. The van der Waals surface area contributed by atoms with Crippen LogP contribution in [0.2, 0.25) is 0 Å². The van der Waals surface area contributed by atoms with Crippen molar-refractivity contribution in [3.05, 3.63) is 35.6 Å². The number of hydrogen-bond donors (Lipinski definition) is 1. The number of nitrogens with one attached hydrogen (secondary N) is 1. The van der Waals surface area contributed by atoms with Gasteiger partial charge in [0.05, 0.1) is 0 Å². The molecule has 2 aliphatic heterocycles. The van der Waals surface area contributed by atoms with Crippen LogP contribution in [0, 0.1) is 11.2 Å². The summed E-state index contributed by atoms with van der Waals surface area (Å²) in [6, 6.07) is 6.58. The van der Waals surface area contributed by atoms with E-state index >= 15 is 0 Å². The highest BCUT2D eigenvalue weighted by molar-refractivity contribution is 5.77. The van der Waals surface area contributed by atoms with Crippen LogP contribution < -0.4 is 5.32 Å². The highest BCUT2D eigenvalue weighted by atomic mass is 19.1. The third kappa shape index (κ3) is 4.17. The fourth-order valence-corrected chi connectivity index (χ4v) is 4.10. The van der Waals surface area contributed by atoms with Gasteiger partial charge in [-0.1, -0.05) is 18.2 Å². The van der Waals surface area contributed by atoms with Crippen LogP contribution in [0.4, 0.5) is 9.18 Å². The maximum absolute atomic E-state index is 13.6. The topological polar surface area (TPSA) is 52.7 Å². The smallest absolute Gasteiger partial charge is 0.317 e. The molecule has 2 fully saturated rings. The first-order valence-corrected chi connectivity index (χ1v) is 9.57. The average Bonchev–Trinajstić information content (AvgIpc) is 2.66. The van der Waals surface area contributed by atoms with E-state index in [0.29, 0.717) is 24.9 Å². The molecule has 0 bridgehead atoms. The molecule has 5 nitrogen and oxygen atoms in total. The van der Waals surface area contributed by atoms with E-state index in [4.69, 9.17) is 0 Å². The van der Waals surface area contributed by atoms with Gasteiger partial charge in [0.1, 0.15) is 5.82 Å². The molecular formula is C20H28FN3O2. The molecule has 0 radical (unpaired) electrons. The van der Waals surface area contributed by atoms with Crippen LogP contribution in [0.5, 0.6) is 0 Å². The van der Waals surface area contributed by atoms with Gasteiger partial charge in [0, 0.05) is 39.1 Å². The lowest BCUT2D eigenvalue weighted by Gasteiger charge is -2.47. The molecule has 1 spiro atoms. The molecule has 1 aromatic rings. The van der Waals surface area contributed by atoms with Gasteiger partial charge in [-0.3, -0.25) is 4.79 Å². The zero-order chi connectivity index (χ0) is 18.6. The molecule has 2 aliphatic rings. The number of piperidine rings is 2. The molecule has 6 heteroatoms. The minimum Gasteiger partial charge on any atom is -0.342 e. The summed E-state index contributed by atoms with van der Waals surface area (Å²) < 4.78 is 13.6. The summed E-state index contributed by atoms with van der Waals surface area (Å²) in [6.45, 7) is 5.48. The molecule has 0 saturated carbocycles. The number of halogens is 1. The summed E-state index contributed by atoms with van der Waals surface area (Å²) in [5.74, 6) is 0.0282. The maximum Gasteiger partial charge on any atom is 0.317 e. The molecule has 0 atom stereocenters. The summed E-state index contributed by atoms with van der Waals surface area (Å²) >= 11 is 0. The number of likely N-dealkylation sites (tertiary alicyclic amines) is 2. The first kappa shape index (κ1) is 18.7. The zero-order valence-corrected chi connectivity index (χ0v) is 15.5. The summed E-state index contributed by atoms with van der Waals surface area (Å²) in [5.41, 5.74) is 0.797. The van der Waals surface area contributed by atoms with Crippen molar-refractivity contribution in [1.29, 1.82) is 0 Å². The monoisotopic (exact) mass is 361 g/mol. The van der Waals surface area contributed by atoms with Crippen molar-refractivity contribution < 1.29 is 14.0 Å². The maximum atomic E-state index is 13.6. The Morgan fingerprint density at radius 1 is 1.23 bits per heavy atom. The molecule has 1 N–H and O–H groups in total. The summed E-state index contributed by atoms with van der Waals surface area (Å²) in [6.07, 6.45) is 3.94. The van der Waals surface area contributed by atoms with Gasteiger partial charge in [-0.05, 0) is 49.7 Å². The first-order chi connectivity index (χ1) is 12.5. The van der Waals surface area contributed by atoms with Gasteiger partial charge in [0.25, 0.3) is 0 Å². The number of carbonyl (C=O) groups is 2. The Morgan fingerprint density at radius 2 is 1.96 bits per heavy atom. The molecule has 3 amide bonds. The van der Waals surface area contributed by atoms with Gasteiger partial charge in [0.2, 0.25) is 5.91 Å². The summed E-state index contributed by atoms with van der Waals surface area (Å²) in [4.78, 5) is 28.1. The minimum absolute atomic E-state index is 0.0737. The fourth-order valence-electron chi connectivity index (χ4n) is 4.10. The number of rotatable bonds is 4. The SMILES string of the molecule is CCN1CC2(CCC1=O)CCN(C(=O)NCCc1ccccc1F)CC2. The van der Waals surface area contributed by atoms with Crippen LogP contribution in [0.25, 0.3) is 0 Å². The highest BCUT2D eigenvalue weighted by Crippen LogP contribution is 2.40. The third-order valence-corrected chi connectivity index (χ3v) is 5.87. The van der Waals surface area contributed by atoms with Crippen LogP contribution in [-0.4, -0.2) is 54.5 Å². The lowest BCUT2D eigenvalue weighted by Crippen LogP contribution is -2.53. The molecule has 2 saturated heterocycles. The van der Waals surface area contributed by atoms with Crippen molar-refractivity contribution in [2.45, 2.75) is 39.0 Å². The largest absolute Gasteiger partial charge is 0.342 e. The lowest BCUT2D eigenvalue weighted by molar-refractivity contribution is -0.138. The Labute approximate surface area is 154 Å². The number of amides is 3. The van der Waals surface area contributed by atoms with E-state index in [9.17, 15) is 14.0 Å². The van der Waals surface area contributed by atoms with Crippen LogP contribution in [0.1, 0.15) is 38.2 Å². The summed E-state index contributed by atoms with van der Waals surface area (Å²) in [7, 11) is 0. The Morgan fingerprint density at radius 3 is 2.65 bits per heavy atom. The predicted octanol–water partition coefficient (Wildman–Crippen LogP) is 2.80. The number of carbonyl (C=O) groups excluding carboxylic acids is 2. The molecule has 0 aromatic heterocycles. The number of hydrogen-bond acceptors (Lipinski definition) is 2. The molecule has 142 valence electrons. The van der Waals surface area contributed by atoms with E-state index in [1.54, 1.807) is 18.2 Å². The van der Waals surface area contributed by atoms with Gasteiger partial charge in [-0.15, -0.1) is 0 Å². The van der Waals surface area contributed by atoms with E-state index in [2.05, 4.69) is 5.32 Å². The molecular weight excluding hydrogens is 333 g/mol. The van der Waals surface area contributed by atoms with E-state index in [1.165, 1.54) is 6.07 Å². The van der Waals surface area contributed by atoms with E-state index < -0.39 is 0 Å². The normalized spacial score (nSPS) is 19.7. The van der Waals surface area contributed by atoms with Crippen molar-refractivity contribution in [1.82, 2.24) is 15.1 Å². The minimum atomic E-state index is -0.228. The van der Waals surface area contributed by atoms with E-state index in [-0.39, 0.29) is 23.2 Å². The second kappa shape index (κ2) is 8.06. The number of benzene rings is 1. The second-order valence-corrected chi connectivity index (χ2v) is 7.47. The van der Waals surface area contributed by atoms with Crippen molar-refractivity contribution in [2.75, 3.05) is 32.7 Å². The van der Waals surface area contributed by atoms with Gasteiger partial charge < -0.3 is 15.1 Å². The van der Waals surface area contributed by atoms with Gasteiger partial charge in [-0.2, -0.15) is 0 Å². The number of nitrogens with zero attached hydrogens (tertiary/aromatic N) is 2. The van der Waals surface area contributed by atoms with Crippen molar-refractivity contribution in [2.24, 2.45) is 5.41 Å². The summed E-state index contributed by atoms with van der Waals surface area (Å²) in [5, 5.41) is 2.90. The second-order valence-electron chi connectivity index (χ2n) is 7.47. The van der Waals surface area contributed by atoms with Crippen LogP contribution >= 0.6 is 0 Å².